The maximum atomic E-state index is 12.7. The topological polar surface area (TPSA) is 67.4 Å². The Morgan fingerprint density at radius 3 is 1.95 bits per heavy atom. The number of halogens is 3. The Bertz CT molecular complexity index is 915. The van der Waals surface area contributed by atoms with Gasteiger partial charge in [0.05, 0.1) is 12.1 Å². The van der Waals surface area contributed by atoms with Crippen molar-refractivity contribution in [2.24, 2.45) is 0 Å². The van der Waals surface area contributed by atoms with Gasteiger partial charge in [-0.05, 0) is 48.2 Å². The SMILES string of the molecule is CCCCCCCCCCC(CNc1ccc(CNCc2ccc(C(F)(F)F)cc2)cc1)OC(=O)C=O. The quantitative estimate of drug-likeness (QED) is 0.0954. The largest absolute Gasteiger partial charge is 0.455 e. The van der Waals surface area contributed by atoms with Crippen LogP contribution >= 0.6 is 0 Å². The van der Waals surface area contributed by atoms with E-state index in [4.69, 9.17) is 4.74 Å². The van der Waals surface area contributed by atoms with E-state index in [2.05, 4.69) is 17.6 Å². The van der Waals surface area contributed by atoms with Gasteiger partial charge >= 0.3 is 12.1 Å². The third-order valence-electron chi connectivity index (χ3n) is 6.19. The number of hydrogen-bond donors (Lipinski definition) is 2. The van der Waals surface area contributed by atoms with Gasteiger partial charge in [0.1, 0.15) is 6.10 Å². The lowest BCUT2D eigenvalue weighted by Gasteiger charge is -2.18. The number of aldehydes is 1. The second-order valence-electron chi connectivity index (χ2n) is 9.32. The zero-order valence-electron chi connectivity index (χ0n) is 21.6. The lowest BCUT2D eigenvalue weighted by molar-refractivity contribution is -0.152. The Labute approximate surface area is 218 Å². The van der Waals surface area contributed by atoms with Gasteiger partial charge in [0.2, 0.25) is 6.29 Å². The number of esters is 1. The number of unbranched alkanes of at least 4 members (excludes halogenated alkanes) is 7. The highest BCUT2D eigenvalue weighted by Gasteiger charge is 2.29. The van der Waals surface area contributed by atoms with E-state index >= 15 is 0 Å². The zero-order chi connectivity index (χ0) is 26.9. The van der Waals surface area contributed by atoms with E-state index in [1.165, 1.54) is 50.7 Å². The van der Waals surface area contributed by atoms with Crippen molar-refractivity contribution in [1.29, 1.82) is 0 Å². The van der Waals surface area contributed by atoms with Crippen molar-refractivity contribution in [3.63, 3.8) is 0 Å². The Kier molecular flexibility index (Phi) is 13.8. The average Bonchev–Trinajstić information content (AvgIpc) is 2.89. The number of ether oxygens (including phenoxy) is 1. The molecule has 8 heteroatoms. The Morgan fingerprint density at radius 1 is 0.865 bits per heavy atom. The lowest BCUT2D eigenvalue weighted by atomic mass is 10.1. The Balaban J connectivity index is 1.72. The van der Waals surface area contributed by atoms with Gasteiger partial charge in [0, 0.05) is 18.8 Å². The minimum Gasteiger partial charge on any atom is -0.455 e. The van der Waals surface area contributed by atoms with E-state index < -0.39 is 17.7 Å². The van der Waals surface area contributed by atoms with Crippen LogP contribution in [0.15, 0.2) is 48.5 Å². The molecule has 0 bridgehead atoms. The van der Waals surface area contributed by atoms with Crippen molar-refractivity contribution < 1.29 is 27.5 Å². The number of nitrogens with one attached hydrogen (secondary N) is 2. The molecule has 0 spiro atoms. The monoisotopic (exact) mass is 520 g/mol. The van der Waals surface area contributed by atoms with E-state index in [0.717, 1.165) is 41.8 Å². The number of hydrogen-bond acceptors (Lipinski definition) is 5. The van der Waals surface area contributed by atoms with Crippen LogP contribution in [0.4, 0.5) is 18.9 Å². The second kappa shape index (κ2) is 16.8. The molecule has 0 aliphatic carbocycles. The van der Waals surface area contributed by atoms with Crippen LogP contribution in [0.5, 0.6) is 0 Å². The molecule has 0 amide bonds. The fourth-order valence-electron chi connectivity index (χ4n) is 4.04. The molecule has 2 aromatic carbocycles. The first-order chi connectivity index (χ1) is 17.8. The van der Waals surface area contributed by atoms with Crippen molar-refractivity contribution >= 4 is 17.9 Å². The van der Waals surface area contributed by atoms with Gasteiger partial charge in [0.25, 0.3) is 0 Å². The van der Waals surface area contributed by atoms with Crippen molar-refractivity contribution in [3.05, 3.63) is 65.2 Å². The van der Waals surface area contributed by atoms with Crippen molar-refractivity contribution in [1.82, 2.24) is 5.32 Å². The summed E-state index contributed by atoms with van der Waals surface area (Å²) in [7, 11) is 0. The highest BCUT2D eigenvalue weighted by Crippen LogP contribution is 2.29. The van der Waals surface area contributed by atoms with Crippen LogP contribution in [-0.4, -0.2) is 24.9 Å². The number of benzene rings is 2. The smallest absolute Gasteiger partial charge is 0.416 e. The molecular weight excluding hydrogens is 481 g/mol. The third-order valence-corrected chi connectivity index (χ3v) is 6.19. The molecule has 0 fully saturated rings. The molecule has 0 saturated carbocycles. The summed E-state index contributed by atoms with van der Waals surface area (Å²) < 4.78 is 43.3. The molecule has 0 saturated heterocycles. The highest BCUT2D eigenvalue weighted by molar-refractivity contribution is 6.20. The normalized spacial score (nSPS) is 12.2. The van der Waals surface area contributed by atoms with Gasteiger partial charge in [-0.15, -0.1) is 0 Å². The minimum atomic E-state index is -4.33. The number of carbonyl (C=O) groups is 2. The fraction of sp³-hybridized carbons (Fsp3) is 0.517. The number of anilines is 1. The summed E-state index contributed by atoms with van der Waals surface area (Å²) in [5.41, 5.74) is 2.02. The molecule has 2 aromatic rings. The summed E-state index contributed by atoms with van der Waals surface area (Å²) in [6.07, 6.45) is 5.69. The van der Waals surface area contributed by atoms with Crippen molar-refractivity contribution in [2.75, 3.05) is 11.9 Å². The van der Waals surface area contributed by atoms with Gasteiger partial charge in [-0.3, -0.25) is 4.79 Å². The summed E-state index contributed by atoms with van der Waals surface area (Å²) in [6.45, 7) is 3.65. The molecule has 37 heavy (non-hydrogen) atoms. The Morgan fingerprint density at radius 2 is 1.41 bits per heavy atom. The van der Waals surface area contributed by atoms with Crippen LogP contribution in [0.25, 0.3) is 0 Å². The van der Waals surface area contributed by atoms with E-state index in [1.807, 2.05) is 24.3 Å². The van der Waals surface area contributed by atoms with Gasteiger partial charge < -0.3 is 15.4 Å². The molecule has 0 aromatic heterocycles. The molecule has 2 rings (SSSR count). The van der Waals surface area contributed by atoms with E-state index in [0.29, 0.717) is 26.1 Å². The first-order valence-corrected chi connectivity index (χ1v) is 13.2. The van der Waals surface area contributed by atoms with Crippen molar-refractivity contribution in [2.45, 2.75) is 90.1 Å². The van der Waals surface area contributed by atoms with Crippen LogP contribution in [0, 0.1) is 0 Å². The highest BCUT2D eigenvalue weighted by atomic mass is 19.4. The number of rotatable bonds is 18. The van der Waals surface area contributed by atoms with Crippen molar-refractivity contribution in [3.8, 4) is 0 Å². The molecule has 0 radical (unpaired) electrons. The molecule has 0 aliphatic heterocycles. The van der Waals surface area contributed by atoms with E-state index in [9.17, 15) is 22.8 Å². The predicted octanol–water partition coefficient (Wildman–Crippen LogP) is 7.05. The summed E-state index contributed by atoms with van der Waals surface area (Å²) in [4.78, 5) is 22.2. The molecule has 0 aliphatic rings. The van der Waals surface area contributed by atoms with Gasteiger partial charge in [-0.1, -0.05) is 76.1 Å². The summed E-state index contributed by atoms with van der Waals surface area (Å²) in [5, 5.41) is 6.50. The van der Waals surface area contributed by atoms with Crippen LogP contribution in [0.1, 0.15) is 81.4 Å². The predicted molar refractivity (Wildman–Crippen MR) is 140 cm³/mol. The molecule has 1 unspecified atom stereocenters. The van der Waals surface area contributed by atoms with Crippen LogP contribution in [-0.2, 0) is 33.6 Å². The van der Waals surface area contributed by atoms with Gasteiger partial charge in [0.15, 0.2) is 0 Å². The molecule has 1 atom stereocenters. The molecule has 2 N–H and O–H groups in total. The third kappa shape index (κ3) is 12.8. The molecular formula is C29H39F3N2O3. The molecule has 0 heterocycles. The maximum absolute atomic E-state index is 12.7. The summed E-state index contributed by atoms with van der Waals surface area (Å²) in [5.74, 6) is -0.846. The maximum Gasteiger partial charge on any atom is 0.416 e. The Hall–Kier alpha value is -2.87. The van der Waals surface area contributed by atoms with E-state index in [-0.39, 0.29) is 12.4 Å². The number of alkyl halides is 3. The molecule has 204 valence electrons. The lowest BCUT2D eigenvalue weighted by Crippen LogP contribution is -2.26. The van der Waals surface area contributed by atoms with Gasteiger partial charge in [-0.2, -0.15) is 13.2 Å². The van der Waals surface area contributed by atoms with E-state index in [1.54, 1.807) is 0 Å². The molecule has 5 nitrogen and oxygen atoms in total. The van der Waals surface area contributed by atoms with Gasteiger partial charge in [-0.25, -0.2) is 4.79 Å². The van der Waals surface area contributed by atoms with Crippen LogP contribution in [0.2, 0.25) is 0 Å². The summed E-state index contributed by atoms with van der Waals surface area (Å²) >= 11 is 0. The minimum absolute atomic E-state index is 0.202. The fourth-order valence-corrected chi connectivity index (χ4v) is 4.04. The van der Waals surface area contributed by atoms with Crippen LogP contribution in [0.3, 0.4) is 0 Å². The zero-order valence-corrected chi connectivity index (χ0v) is 21.6. The second-order valence-corrected chi connectivity index (χ2v) is 9.32. The number of carbonyl (C=O) groups excluding carboxylic acids is 2. The standard InChI is InChI=1S/C29H39F3N2O3/c1-2-3-4-5-6-7-8-9-10-27(37-28(36)22-35)21-34-26-17-13-24(14-18-26)20-33-19-23-11-15-25(16-12-23)29(30,31)32/h11-18,22,27,33-34H,2-10,19-21H2,1H3. The first-order valence-electron chi connectivity index (χ1n) is 13.2. The first kappa shape index (κ1) is 30.4. The van der Waals surface area contributed by atoms with Crippen LogP contribution < -0.4 is 10.6 Å². The summed E-state index contributed by atoms with van der Waals surface area (Å²) in [6, 6.07) is 12.9. The average molecular weight is 521 g/mol.